The van der Waals surface area contributed by atoms with Crippen molar-refractivity contribution in [3.8, 4) is 0 Å². The van der Waals surface area contributed by atoms with E-state index in [1.54, 1.807) is 0 Å². The van der Waals surface area contributed by atoms with Crippen LogP contribution in [0.1, 0.15) is 25.8 Å². The van der Waals surface area contributed by atoms with Gasteiger partial charge in [0.15, 0.2) is 6.61 Å². The second-order valence-electron chi connectivity index (χ2n) is 6.02. The van der Waals surface area contributed by atoms with Crippen LogP contribution < -0.4 is 11.2 Å². The van der Waals surface area contributed by atoms with E-state index in [0.717, 1.165) is 5.56 Å². The average molecular weight is 352 g/mol. The smallest absolute Gasteiger partial charge is 0.362 e. The number of carboxylic acids is 1. The van der Waals surface area contributed by atoms with E-state index < -0.39 is 36.6 Å². The summed E-state index contributed by atoms with van der Waals surface area (Å²) in [6.07, 6.45) is 0.562. The number of nitrogens with one attached hydrogen (secondary N) is 1. The highest BCUT2D eigenvalue weighted by Crippen LogP contribution is 2.05. The fourth-order valence-electron chi connectivity index (χ4n) is 2.03. The largest absolute Gasteiger partial charge is 0.480 e. The molecule has 0 aliphatic heterocycles. The molecule has 0 aromatic heterocycles. The average Bonchev–Trinajstić information content (AvgIpc) is 2.56. The number of benzene rings is 1. The monoisotopic (exact) mass is 352 g/mol. The van der Waals surface area contributed by atoms with Crippen LogP contribution in [-0.4, -0.2) is 41.7 Å². The van der Waals surface area contributed by atoms with E-state index in [9.17, 15) is 14.4 Å². The molecule has 8 nitrogen and oxygen atoms in total. The van der Waals surface area contributed by atoms with E-state index >= 15 is 0 Å². The number of carboxylic acid groups (broad SMARTS) is 1. The van der Waals surface area contributed by atoms with Gasteiger partial charge in [-0.3, -0.25) is 9.59 Å². The number of ether oxygens (including phenoxy) is 1. The SMILES string of the molecule is CC(C)C[C@H](NOC(=O)COC(=O)[C@@H](N)Cc1ccccc1)C(=O)O. The van der Waals surface area contributed by atoms with Gasteiger partial charge in [-0.25, -0.2) is 4.79 Å². The minimum Gasteiger partial charge on any atom is -0.480 e. The molecule has 0 radical (unpaired) electrons. The Labute approximate surface area is 146 Å². The summed E-state index contributed by atoms with van der Waals surface area (Å²) in [5, 5.41) is 9.01. The van der Waals surface area contributed by atoms with Crippen molar-refractivity contribution in [2.45, 2.75) is 38.8 Å². The molecular weight excluding hydrogens is 328 g/mol. The van der Waals surface area contributed by atoms with E-state index in [0.29, 0.717) is 0 Å². The normalized spacial score (nSPS) is 13.1. The molecule has 1 aromatic rings. The lowest BCUT2D eigenvalue weighted by Gasteiger charge is -2.16. The third kappa shape index (κ3) is 8.27. The molecule has 0 saturated heterocycles. The number of nitrogens with two attached hydrogens (primary N) is 1. The van der Waals surface area contributed by atoms with Crippen LogP contribution in [-0.2, 0) is 30.4 Å². The molecule has 1 aromatic carbocycles. The van der Waals surface area contributed by atoms with E-state index in [-0.39, 0.29) is 18.8 Å². The number of hydrogen-bond acceptors (Lipinski definition) is 7. The summed E-state index contributed by atoms with van der Waals surface area (Å²) < 4.78 is 4.79. The summed E-state index contributed by atoms with van der Waals surface area (Å²) in [7, 11) is 0. The molecule has 2 atom stereocenters. The van der Waals surface area contributed by atoms with Crippen LogP contribution in [0.2, 0.25) is 0 Å². The Balaban J connectivity index is 2.34. The molecule has 138 valence electrons. The van der Waals surface area contributed by atoms with Gasteiger partial charge in [0.05, 0.1) is 0 Å². The second-order valence-corrected chi connectivity index (χ2v) is 6.02. The van der Waals surface area contributed by atoms with Gasteiger partial charge in [0.1, 0.15) is 12.1 Å². The predicted molar refractivity (Wildman–Crippen MR) is 89.2 cm³/mol. The molecule has 0 unspecified atom stereocenters. The van der Waals surface area contributed by atoms with E-state index in [4.69, 9.17) is 15.6 Å². The number of aliphatic carboxylic acids is 1. The lowest BCUT2D eigenvalue weighted by Crippen LogP contribution is -2.40. The van der Waals surface area contributed by atoms with Crippen molar-refractivity contribution in [1.29, 1.82) is 0 Å². The van der Waals surface area contributed by atoms with E-state index in [1.807, 2.05) is 44.2 Å². The molecular formula is C17H24N2O6. The van der Waals surface area contributed by atoms with Gasteiger partial charge in [0, 0.05) is 0 Å². The molecule has 0 saturated carbocycles. The van der Waals surface area contributed by atoms with E-state index in [2.05, 4.69) is 10.3 Å². The topological polar surface area (TPSA) is 128 Å². The van der Waals surface area contributed by atoms with Gasteiger partial charge in [-0.1, -0.05) is 44.2 Å². The third-order valence-electron chi connectivity index (χ3n) is 3.25. The molecule has 0 amide bonds. The van der Waals surface area contributed by atoms with Crippen LogP contribution in [0.3, 0.4) is 0 Å². The number of hydrogen-bond donors (Lipinski definition) is 3. The molecule has 0 fully saturated rings. The Bertz CT molecular complexity index is 576. The van der Waals surface area contributed by atoms with Crippen LogP contribution >= 0.6 is 0 Å². The Morgan fingerprint density at radius 3 is 2.40 bits per heavy atom. The maximum absolute atomic E-state index is 11.8. The van der Waals surface area contributed by atoms with Crippen LogP contribution in [0.25, 0.3) is 0 Å². The molecule has 0 aliphatic rings. The number of hydroxylamine groups is 1. The molecule has 0 heterocycles. The maximum atomic E-state index is 11.8. The van der Waals surface area contributed by atoms with Gasteiger partial charge in [-0.15, -0.1) is 5.48 Å². The summed E-state index contributed by atoms with van der Waals surface area (Å²) in [5.74, 6) is -2.68. The number of esters is 1. The van der Waals surface area contributed by atoms with E-state index in [1.165, 1.54) is 0 Å². The lowest BCUT2D eigenvalue weighted by molar-refractivity contribution is -0.168. The lowest BCUT2D eigenvalue weighted by atomic mass is 10.1. The Morgan fingerprint density at radius 1 is 1.20 bits per heavy atom. The van der Waals surface area contributed by atoms with Crippen molar-refractivity contribution in [3.63, 3.8) is 0 Å². The first-order chi connectivity index (χ1) is 11.8. The molecule has 4 N–H and O–H groups in total. The van der Waals surface area contributed by atoms with Gasteiger partial charge < -0.3 is 20.4 Å². The zero-order valence-corrected chi connectivity index (χ0v) is 14.3. The number of carbonyl (C=O) groups excluding carboxylic acids is 2. The van der Waals surface area contributed by atoms with Crippen molar-refractivity contribution < 1.29 is 29.1 Å². The summed E-state index contributed by atoms with van der Waals surface area (Å²) in [5.41, 5.74) is 8.77. The quantitative estimate of drug-likeness (QED) is 0.413. The van der Waals surface area contributed by atoms with Crippen LogP contribution in [0.5, 0.6) is 0 Å². The van der Waals surface area contributed by atoms with Gasteiger partial charge in [0.25, 0.3) is 0 Å². The third-order valence-corrected chi connectivity index (χ3v) is 3.25. The summed E-state index contributed by atoms with van der Waals surface area (Å²) in [4.78, 5) is 39.0. The minimum atomic E-state index is -1.14. The summed E-state index contributed by atoms with van der Waals surface area (Å²) >= 11 is 0. The van der Waals surface area contributed by atoms with Crippen LogP contribution in [0.4, 0.5) is 0 Å². The highest BCUT2D eigenvalue weighted by molar-refractivity contribution is 5.80. The first-order valence-electron chi connectivity index (χ1n) is 7.93. The Kier molecular flexibility index (Phi) is 8.59. The second kappa shape index (κ2) is 10.4. The summed E-state index contributed by atoms with van der Waals surface area (Å²) in [6.45, 7) is 3.03. The van der Waals surface area contributed by atoms with Crippen molar-refractivity contribution in [1.82, 2.24) is 5.48 Å². The minimum absolute atomic E-state index is 0.0983. The van der Waals surface area contributed by atoms with Crippen molar-refractivity contribution >= 4 is 17.9 Å². The molecule has 0 spiro atoms. The number of rotatable bonds is 10. The highest BCUT2D eigenvalue weighted by atomic mass is 16.7. The van der Waals surface area contributed by atoms with Gasteiger partial charge in [-0.2, -0.15) is 0 Å². The molecule has 1 rings (SSSR count). The fourth-order valence-corrected chi connectivity index (χ4v) is 2.03. The van der Waals surface area contributed by atoms with Gasteiger partial charge in [0.2, 0.25) is 0 Å². The summed E-state index contributed by atoms with van der Waals surface area (Å²) in [6, 6.07) is 7.22. The standard InChI is InChI=1S/C17H24N2O6/c1-11(2)8-14(16(21)22)19-25-15(20)10-24-17(23)13(18)9-12-6-4-3-5-7-12/h3-7,11,13-14,19H,8-10,18H2,1-2H3,(H,21,22)/t13-,14-/m0/s1. The van der Waals surface area contributed by atoms with Crippen molar-refractivity contribution in [2.75, 3.05) is 6.61 Å². The van der Waals surface area contributed by atoms with Crippen LogP contribution in [0, 0.1) is 5.92 Å². The molecule has 0 bridgehead atoms. The molecule has 0 aliphatic carbocycles. The van der Waals surface area contributed by atoms with Crippen molar-refractivity contribution in [3.05, 3.63) is 35.9 Å². The first-order valence-corrected chi connectivity index (χ1v) is 7.93. The first kappa shape index (κ1) is 20.6. The van der Waals surface area contributed by atoms with Crippen molar-refractivity contribution in [2.24, 2.45) is 11.7 Å². The maximum Gasteiger partial charge on any atom is 0.362 e. The Morgan fingerprint density at radius 2 is 1.84 bits per heavy atom. The Hall–Kier alpha value is -2.45. The molecule has 25 heavy (non-hydrogen) atoms. The number of carbonyl (C=O) groups is 3. The highest BCUT2D eigenvalue weighted by Gasteiger charge is 2.22. The predicted octanol–water partition coefficient (Wildman–Crippen LogP) is 0.647. The zero-order chi connectivity index (χ0) is 18.8. The van der Waals surface area contributed by atoms with Crippen LogP contribution in [0.15, 0.2) is 30.3 Å². The fraction of sp³-hybridized carbons (Fsp3) is 0.471. The zero-order valence-electron chi connectivity index (χ0n) is 14.3. The molecule has 8 heteroatoms. The van der Waals surface area contributed by atoms with Gasteiger partial charge >= 0.3 is 17.9 Å². The van der Waals surface area contributed by atoms with Gasteiger partial charge in [-0.05, 0) is 24.3 Å².